The van der Waals surface area contributed by atoms with E-state index in [4.69, 9.17) is 25.7 Å². The largest absolute Gasteiger partial charge is 0.453 e. The van der Waals surface area contributed by atoms with E-state index in [9.17, 15) is 9.59 Å². The molecule has 39 heavy (non-hydrogen) atoms. The maximum atomic E-state index is 13.4. The molecule has 3 aromatic heterocycles. The molecule has 1 aliphatic heterocycles. The van der Waals surface area contributed by atoms with Crippen molar-refractivity contribution in [3.63, 3.8) is 0 Å². The molecule has 0 N–H and O–H groups in total. The third-order valence-electron chi connectivity index (χ3n) is 7.33. The molecule has 8 nitrogen and oxygen atoms in total. The lowest BCUT2D eigenvalue weighted by Crippen LogP contribution is -2.55. The second-order valence-corrected chi connectivity index (χ2v) is 11.9. The summed E-state index contributed by atoms with van der Waals surface area (Å²) >= 11 is 6.34. The van der Waals surface area contributed by atoms with Gasteiger partial charge in [-0.1, -0.05) is 17.7 Å². The van der Waals surface area contributed by atoms with Gasteiger partial charge in [-0.2, -0.15) is 0 Å². The van der Waals surface area contributed by atoms with E-state index in [0.29, 0.717) is 47.1 Å². The second-order valence-electron chi connectivity index (χ2n) is 11.5. The highest BCUT2D eigenvalue weighted by Crippen LogP contribution is 2.46. The Hall–Kier alpha value is -3.65. The number of pyridine rings is 2. The molecule has 1 amide bonds. The number of rotatable bonds is 3. The molecular formula is C30H31ClN4O4. The van der Waals surface area contributed by atoms with Gasteiger partial charge in [0.2, 0.25) is 5.43 Å². The number of carbonyl (C=O) groups excluding carboxylic acids is 1. The molecule has 4 aromatic rings. The molecule has 0 bridgehead atoms. The van der Waals surface area contributed by atoms with Crippen molar-refractivity contribution in [2.24, 2.45) is 0 Å². The van der Waals surface area contributed by atoms with Crippen LogP contribution in [0, 0.1) is 0 Å². The third-order valence-corrected chi connectivity index (χ3v) is 7.64. The van der Waals surface area contributed by atoms with Crippen LogP contribution >= 0.6 is 11.6 Å². The molecule has 0 unspecified atom stereocenters. The first-order valence-electron chi connectivity index (χ1n) is 13.4. The van der Waals surface area contributed by atoms with Crippen LogP contribution in [0.5, 0.6) is 0 Å². The van der Waals surface area contributed by atoms with Crippen LogP contribution in [0.15, 0.2) is 51.9 Å². The van der Waals surface area contributed by atoms with Crippen LogP contribution in [-0.2, 0) is 4.74 Å². The summed E-state index contributed by atoms with van der Waals surface area (Å²) in [7, 11) is 0. The van der Waals surface area contributed by atoms with E-state index in [1.807, 2.05) is 46.0 Å². The minimum absolute atomic E-state index is 0.0185. The van der Waals surface area contributed by atoms with E-state index in [0.717, 1.165) is 35.3 Å². The Balaban J connectivity index is 1.33. The van der Waals surface area contributed by atoms with Gasteiger partial charge in [0.05, 0.1) is 10.4 Å². The van der Waals surface area contributed by atoms with Gasteiger partial charge in [0.15, 0.2) is 11.1 Å². The molecule has 2 fully saturated rings. The maximum Gasteiger partial charge on any atom is 0.410 e. The Morgan fingerprint density at radius 1 is 1.10 bits per heavy atom. The molecule has 4 heterocycles. The molecule has 9 heteroatoms. The molecule has 1 atom stereocenters. The monoisotopic (exact) mass is 546 g/mol. The van der Waals surface area contributed by atoms with Gasteiger partial charge >= 0.3 is 6.09 Å². The third kappa shape index (κ3) is 4.82. The van der Waals surface area contributed by atoms with Gasteiger partial charge in [0, 0.05) is 49.2 Å². The zero-order chi connectivity index (χ0) is 27.5. The minimum Gasteiger partial charge on any atom is -0.453 e. The standard InChI is InChI=1S/C30H31ClN4O4/c1-17-16-34(12-13-35(17)29(37)39-30(2,3)4)23-11-10-19(14-32-23)24-20(18-8-9-18)15-33-26-27(36)25-21(31)6-5-7-22(25)38-28(24)26/h5-7,10-11,14-15,17-18H,8-9,12-13,16H2,1-4H3/t17-/m0/s1. The summed E-state index contributed by atoms with van der Waals surface area (Å²) in [5.41, 5.74) is 3.22. The number of nitrogens with zero attached hydrogens (tertiary/aromatic N) is 4. The Morgan fingerprint density at radius 2 is 1.90 bits per heavy atom. The van der Waals surface area contributed by atoms with E-state index in [1.165, 1.54) is 0 Å². The SMILES string of the molecule is C[C@H]1CN(c2ccc(-c3c(C4CC4)cnc4c(=O)c5c(Cl)cccc5oc34)cn2)CCN1C(=O)OC(C)(C)C. The number of ether oxygens (including phenoxy) is 1. The summed E-state index contributed by atoms with van der Waals surface area (Å²) in [5.74, 6) is 1.22. The van der Waals surface area contributed by atoms with Gasteiger partial charge in [0.1, 0.15) is 17.0 Å². The number of hydrogen-bond acceptors (Lipinski definition) is 7. The number of benzene rings is 1. The fraction of sp³-hybridized carbons (Fsp3) is 0.400. The van der Waals surface area contributed by atoms with Crippen LogP contribution in [0.3, 0.4) is 0 Å². The van der Waals surface area contributed by atoms with E-state index >= 15 is 0 Å². The summed E-state index contributed by atoms with van der Waals surface area (Å²) in [6.07, 6.45) is 5.51. The molecule has 1 aromatic carbocycles. The van der Waals surface area contributed by atoms with Crippen molar-refractivity contribution in [3.05, 3.63) is 63.5 Å². The fourth-order valence-corrected chi connectivity index (χ4v) is 5.54. The van der Waals surface area contributed by atoms with E-state index in [1.54, 1.807) is 29.3 Å². The summed E-state index contributed by atoms with van der Waals surface area (Å²) < 4.78 is 11.9. The quantitative estimate of drug-likeness (QED) is 0.275. The predicted octanol–water partition coefficient (Wildman–Crippen LogP) is 6.38. The van der Waals surface area contributed by atoms with Gasteiger partial charge < -0.3 is 19.0 Å². The Kier molecular flexibility index (Phi) is 6.25. The van der Waals surface area contributed by atoms with Crippen molar-refractivity contribution < 1.29 is 13.9 Å². The van der Waals surface area contributed by atoms with Gasteiger partial charge in [0.25, 0.3) is 0 Å². The zero-order valence-electron chi connectivity index (χ0n) is 22.5. The topological polar surface area (TPSA) is 88.8 Å². The number of amides is 1. The van der Waals surface area contributed by atoms with Gasteiger partial charge in [-0.3, -0.25) is 4.79 Å². The van der Waals surface area contributed by atoms with Crippen molar-refractivity contribution in [3.8, 4) is 11.1 Å². The van der Waals surface area contributed by atoms with Crippen LogP contribution in [0.4, 0.5) is 10.6 Å². The van der Waals surface area contributed by atoms with Crippen LogP contribution in [0.1, 0.15) is 52.0 Å². The van der Waals surface area contributed by atoms with Gasteiger partial charge in [-0.15, -0.1) is 0 Å². The van der Waals surface area contributed by atoms with Crippen molar-refractivity contribution in [2.45, 2.75) is 58.1 Å². The van der Waals surface area contributed by atoms with Crippen molar-refractivity contribution in [1.82, 2.24) is 14.9 Å². The number of carbonyl (C=O) groups is 1. The molecule has 2 aliphatic rings. The van der Waals surface area contributed by atoms with Crippen LogP contribution in [-0.4, -0.2) is 52.2 Å². The van der Waals surface area contributed by atoms with Gasteiger partial charge in [-0.05, 0) is 76.3 Å². The van der Waals surface area contributed by atoms with E-state index < -0.39 is 5.60 Å². The highest BCUT2D eigenvalue weighted by Gasteiger charge is 2.32. The molecule has 1 saturated heterocycles. The lowest BCUT2D eigenvalue weighted by molar-refractivity contribution is 0.0158. The second kappa shape index (κ2) is 9.52. The van der Waals surface area contributed by atoms with E-state index in [-0.39, 0.29) is 23.1 Å². The van der Waals surface area contributed by atoms with Crippen molar-refractivity contribution in [1.29, 1.82) is 0 Å². The van der Waals surface area contributed by atoms with Crippen molar-refractivity contribution >= 4 is 45.6 Å². The smallest absolute Gasteiger partial charge is 0.410 e. The number of hydrogen-bond donors (Lipinski definition) is 0. The summed E-state index contributed by atoms with van der Waals surface area (Å²) in [6.45, 7) is 9.51. The average molecular weight is 547 g/mol. The lowest BCUT2D eigenvalue weighted by Gasteiger charge is -2.40. The molecule has 1 saturated carbocycles. The lowest BCUT2D eigenvalue weighted by atomic mass is 9.98. The first-order chi connectivity index (χ1) is 18.6. The minimum atomic E-state index is -0.528. The maximum absolute atomic E-state index is 13.4. The molecule has 0 radical (unpaired) electrons. The number of piperazine rings is 1. The predicted molar refractivity (Wildman–Crippen MR) is 153 cm³/mol. The van der Waals surface area contributed by atoms with Crippen LogP contribution in [0.2, 0.25) is 5.02 Å². The van der Waals surface area contributed by atoms with E-state index in [2.05, 4.69) is 9.88 Å². The van der Waals surface area contributed by atoms with Gasteiger partial charge in [-0.25, -0.2) is 14.8 Å². The normalized spacial score (nSPS) is 18.1. The van der Waals surface area contributed by atoms with Crippen molar-refractivity contribution in [2.75, 3.05) is 24.5 Å². The number of aromatic nitrogens is 2. The van der Waals surface area contributed by atoms with Crippen LogP contribution in [0.25, 0.3) is 33.2 Å². The summed E-state index contributed by atoms with van der Waals surface area (Å²) in [4.78, 5) is 39.3. The molecule has 6 rings (SSSR count). The zero-order valence-corrected chi connectivity index (χ0v) is 23.3. The molecule has 1 aliphatic carbocycles. The Morgan fingerprint density at radius 3 is 2.56 bits per heavy atom. The Labute approximate surface area is 231 Å². The number of fused-ring (bicyclic) bond motifs is 2. The summed E-state index contributed by atoms with van der Waals surface area (Å²) in [6, 6.07) is 9.21. The molecule has 202 valence electrons. The Bertz CT molecular complexity index is 1640. The highest BCUT2D eigenvalue weighted by atomic mass is 35.5. The van der Waals surface area contributed by atoms with Crippen LogP contribution < -0.4 is 10.3 Å². The highest BCUT2D eigenvalue weighted by molar-refractivity contribution is 6.35. The summed E-state index contributed by atoms with van der Waals surface area (Å²) in [5, 5.41) is 0.696. The average Bonchev–Trinajstić information content (AvgIpc) is 3.73. The molecule has 0 spiro atoms. The fourth-order valence-electron chi connectivity index (χ4n) is 5.29. The first kappa shape index (κ1) is 25.6. The molecular weight excluding hydrogens is 516 g/mol. The first-order valence-corrected chi connectivity index (χ1v) is 13.7. The number of anilines is 1. The number of halogens is 1.